The molecule has 2 spiro atoms. The maximum atomic E-state index is 6.45. The smallest absolute Gasteiger partial charge is 0.214 e. The molecule has 3 heteroatoms. The molecule has 1 saturated heterocycles. The highest BCUT2D eigenvalue weighted by Crippen LogP contribution is 2.56. The van der Waals surface area contributed by atoms with Crippen molar-refractivity contribution in [2.24, 2.45) is 5.41 Å². The van der Waals surface area contributed by atoms with Gasteiger partial charge < -0.3 is 14.2 Å². The maximum Gasteiger partial charge on any atom is 0.214 e. The standard InChI is InChI=1S/C19H24O3/c1-13-9-14-5-4-6-15-17(14)16(21-13)10-19(22-15)11-18(12-20-19)7-2-3-8-18/h4-6,13,16H,2-3,7-12H2,1H3. The van der Waals surface area contributed by atoms with Crippen LogP contribution in [-0.2, 0) is 15.9 Å². The summed E-state index contributed by atoms with van der Waals surface area (Å²) in [6.07, 6.45) is 8.58. The van der Waals surface area contributed by atoms with Gasteiger partial charge in [0.15, 0.2) is 0 Å². The first-order chi connectivity index (χ1) is 10.7. The van der Waals surface area contributed by atoms with Gasteiger partial charge in [0.1, 0.15) is 5.75 Å². The van der Waals surface area contributed by atoms with Crippen molar-refractivity contribution < 1.29 is 14.2 Å². The van der Waals surface area contributed by atoms with Crippen LogP contribution in [0.1, 0.15) is 62.7 Å². The third-order valence-corrected chi connectivity index (χ3v) is 6.12. The zero-order chi connectivity index (χ0) is 14.8. The lowest BCUT2D eigenvalue weighted by Gasteiger charge is -2.43. The van der Waals surface area contributed by atoms with Crippen LogP contribution in [0.2, 0.25) is 0 Å². The van der Waals surface area contributed by atoms with Crippen molar-refractivity contribution in [2.45, 2.75) is 69.9 Å². The van der Waals surface area contributed by atoms with E-state index in [0.29, 0.717) is 5.41 Å². The quantitative estimate of drug-likeness (QED) is 0.720. The Balaban J connectivity index is 1.52. The molecular weight excluding hydrogens is 276 g/mol. The molecule has 3 unspecified atom stereocenters. The van der Waals surface area contributed by atoms with Crippen molar-refractivity contribution in [2.75, 3.05) is 6.61 Å². The van der Waals surface area contributed by atoms with Crippen LogP contribution < -0.4 is 4.74 Å². The fraction of sp³-hybridized carbons (Fsp3) is 0.684. The minimum absolute atomic E-state index is 0.139. The molecule has 22 heavy (non-hydrogen) atoms. The van der Waals surface area contributed by atoms with Gasteiger partial charge in [-0.2, -0.15) is 0 Å². The summed E-state index contributed by atoms with van der Waals surface area (Å²) in [7, 11) is 0. The van der Waals surface area contributed by atoms with Crippen LogP contribution in [0.15, 0.2) is 18.2 Å². The lowest BCUT2D eigenvalue weighted by Crippen LogP contribution is -2.43. The average molecular weight is 300 g/mol. The van der Waals surface area contributed by atoms with Crippen molar-refractivity contribution in [3.63, 3.8) is 0 Å². The fourth-order valence-corrected chi connectivity index (χ4v) is 5.20. The van der Waals surface area contributed by atoms with Crippen LogP contribution in [0.4, 0.5) is 0 Å². The minimum Gasteiger partial charge on any atom is -0.462 e. The highest BCUT2D eigenvalue weighted by Gasteiger charge is 2.55. The Hall–Kier alpha value is -1.06. The summed E-state index contributed by atoms with van der Waals surface area (Å²) < 4.78 is 19.0. The molecule has 1 aliphatic carbocycles. The fourth-order valence-electron chi connectivity index (χ4n) is 5.20. The van der Waals surface area contributed by atoms with E-state index in [1.54, 1.807) is 0 Å². The van der Waals surface area contributed by atoms with E-state index in [0.717, 1.165) is 31.6 Å². The summed E-state index contributed by atoms with van der Waals surface area (Å²) >= 11 is 0. The van der Waals surface area contributed by atoms with Crippen LogP contribution in [0.5, 0.6) is 5.75 Å². The number of ether oxygens (including phenoxy) is 3. The van der Waals surface area contributed by atoms with Gasteiger partial charge in [-0.1, -0.05) is 25.0 Å². The molecule has 4 aliphatic rings. The van der Waals surface area contributed by atoms with Crippen molar-refractivity contribution >= 4 is 0 Å². The lowest BCUT2D eigenvalue weighted by atomic mass is 9.79. The molecule has 0 amide bonds. The van der Waals surface area contributed by atoms with Crippen molar-refractivity contribution in [1.82, 2.24) is 0 Å². The summed E-state index contributed by atoms with van der Waals surface area (Å²) in [6, 6.07) is 6.43. The Morgan fingerprint density at radius 3 is 2.91 bits per heavy atom. The van der Waals surface area contributed by atoms with E-state index in [1.165, 1.54) is 36.8 Å². The summed E-state index contributed by atoms with van der Waals surface area (Å²) in [5.41, 5.74) is 3.04. The van der Waals surface area contributed by atoms with Gasteiger partial charge >= 0.3 is 0 Å². The Kier molecular flexibility index (Phi) is 2.73. The summed E-state index contributed by atoms with van der Waals surface area (Å²) in [4.78, 5) is 0. The summed E-state index contributed by atoms with van der Waals surface area (Å²) in [5.74, 6) is 0.549. The van der Waals surface area contributed by atoms with E-state index in [2.05, 4.69) is 25.1 Å². The second kappa shape index (κ2) is 4.48. The number of benzene rings is 1. The van der Waals surface area contributed by atoms with E-state index >= 15 is 0 Å². The Labute approximate surface area is 131 Å². The molecular formula is C19H24O3. The van der Waals surface area contributed by atoms with Crippen molar-refractivity contribution in [3.05, 3.63) is 29.3 Å². The summed E-state index contributed by atoms with van der Waals surface area (Å²) in [5, 5.41) is 0. The van der Waals surface area contributed by atoms with Gasteiger partial charge in [-0.25, -0.2) is 0 Å². The number of hydrogen-bond acceptors (Lipinski definition) is 3. The van der Waals surface area contributed by atoms with Crippen LogP contribution in [0, 0.1) is 5.41 Å². The Morgan fingerprint density at radius 1 is 1.18 bits per heavy atom. The first-order valence-corrected chi connectivity index (χ1v) is 8.77. The SMILES string of the molecule is CC1Cc2cccc3c2C(CC2(CC4(CCCC4)CO2)O3)O1. The molecule has 5 rings (SSSR count). The molecule has 3 atom stereocenters. The molecule has 3 aliphatic heterocycles. The average Bonchev–Trinajstić information content (AvgIpc) is 3.07. The maximum absolute atomic E-state index is 6.45. The second-order valence-corrected chi connectivity index (χ2v) is 7.86. The van der Waals surface area contributed by atoms with Crippen molar-refractivity contribution in [3.8, 4) is 5.75 Å². The van der Waals surface area contributed by atoms with Gasteiger partial charge in [-0.15, -0.1) is 0 Å². The molecule has 1 aromatic rings. The molecule has 1 saturated carbocycles. The second-order valence-electron chi connectivity index (χ2n) is 7.86. The minimum atomic E-state index is -0.447. The van der Waals surface area contributed by atoms with E-state index in [1.807, 2.05) is 0 Å². The van der Waals surface area contributed by atoms with Gasteiger partial charge in [0.05, 0.1) is 18.8 Å². The predicted octanol–water partition coefficient (Wildman–Crippen LogP) is 4.15. The topological polar surface area (TPSA) is 27.7 Å². The summed E-state index contributed by atoms with van der Waals surface area (Å²) in [6.45, 7) is 3.04. The van der Waals surface area contributed by atoms with E-state index in [-0.39, 0.29) is 12.2 Å². The molecule has 2 fully saturated rings. The number of rotatable bonds is 0. The Bertz CT molecular complexity index is 605. The lowest BCUT2D eigenvalue weighted by molar-refractivity contribution is -0.195. The van der Waals surface area contributed by atoms with Gasteiger partial charge in [-0.3, -0.25) is 0 Å². The van der Waals surface area contributed by atoms with Crippen LogP contribution in [0.3, 0.4) is 0 Å². The molecule has 0 bridgehead atoms. The van der Waals surface area contributed by atoms with Gasteiger partial charge in [-0.05, 0) is 37.8 Å². The van der Waals surface area contributed by atoms with Crippen molar-refractivity contribution in [1.29, 1.82) is 0 Å². The predicted molar refractivity (Wildman–Crippen MR) is 82.9 cm³/mol. The highest BCUT2D eigenvalue weighted by atomic mass is 16.7. The molecule has 1 aromatic carbocycles. The largest absolute Gasteiger partial charge is 0.462 e. The van der Waals surface area contributed by atoms with E-state index in [9.17, 15) is 0 Å². The third-order valence-electron chi connectivity index (χ3n) is 6.12. The zero-order valence-electron chi connectivity index (χ0n) is 13.3. The normalized spacial score (nSPS) is 38.2. The first kappa shape index (κ1) is 13.4. The monoisotopic (exact) mass is 300 g/mol. The van der Waals surface area contributed by atoms with Crippen LogP contribution in [0.25, 0.3) is 0 Å². The highest BCUT2D eigenvalue weighted by molar-refractivity contribution is 5.45. The van der Waals surface area contributed by atoms with Crippen LogP contribution in [-0.4, -0.2) is 18.5 Å². The Morgan fingerprint density at radius 2 is 2.05 bits per heavy atom. The first-order valence-electron chi connectivity index (χ1n) is 8.77. The molecule has 0 N–H and O–H groups in total. The molecule has 0 radical (unpaired) electrons. The van der Waals surface area contributed by atoms with Gasteiger partial charge in [0.25, 0.3) is 0 Å². The van der Waals surface area contributed by atoms with Gasteiger partial charge in [0.2, 0.25) is 5.79 Å². The zero-order valence-corrected chi connectivity index (χ0v) is 13.3. The molecule has 118 valence electrons. The molecule has 3 heterocycles. The molecule has 0 aromatic heterocycles. The third kappa shape index (κ3) is 1.88. The molecule has 3 nitrogen and oxygen atoms in total. The van der Waals surface area contributed by atoms with E-state index < -0.39 is 5.79 Å². The van der Waals surface area contributed by atoms with E-state index in [4.69, 9.17) is 14.2 Å². The number of hydrogen-bond donors (Lipinski definition) is 0. The van der Waals surface area contributed by atoms with Crippen LogP contribution >= 0.6 is 0 Å². The van der Waals surface area contributed by atoms with Gasteiger partial charge in [0, 0.05) is 23.8 Å².